The second-order valence-corrected chi connectivity index (χ2v) is 8.30. The summed E-state index contributed by atoms with van der Waals surface area (Å²) in [5, 5.41) is 15.0. The molecule has 3 rings (SSSR count). The van der Waals surface area contributed by atoms with E-state index in [2.05, 4.69) is 34.7 Å². The van der Waals surface area contributed by atoms with Crippen molar-refractivity contribution in [2.45, 2.75) is 33.2 Å². The van der Waals surface area contributed by atoms with Gasteiger partial charge in [0, 0.05) is 17.7 Å². The minimum atomic E-state index is -0.326. The summed E-state index contributed by atoms with van der Waals surface area (Å²) in [6.07, 6.45) is 0.792. The van der Waals surface area contributed by atoms with Gasteiger partial charge in [0.15, 0.2) is 0 Å². The third-order valence-corrected chi connectivity index (χ3v) is 5.22. The predicted molar refractivity (Wildman–Crippen MR) is 115 cm³/mol. The van der Waals surface area contributed by atoms with Crippen LogP contribution in [0.5, 0.6) is 0 Å². The van der Waals surface area contributed by atoms with Gasteiger partial charge < -0.3 is 10.6 Å². The Kier molecular flexibility index (Phi) is 6.72. The highest BCUT2D eigenvalue weighted by Gasteiger charge is 2.15. The maximum atomic E-state index is 12.6. The summed E-state index contributed by atoms with van der Waals surface area (Å²) in [7, 11) is 0. The summed E-state index contributed by atoms with van der Waals surface area (Å²) >= 11 is 1.29. The zero-order chi connectivity index (χ0) is 20.8. The van der Waals surface area contributed by atoms with Crippen molar-refractivity contribution >= 4 is 28.8 Å². The lowest BCUT2D eigenvalue weighted by Crippen LogP contribution is -2.26. The fraction of sp³-hybridized carbons (Fsp3) is 0.273. The van der Waals surface area contributed by atoms with E-state index in [4.69, 9.17) is 0 Å². The molecule has 1 atom stereocenters. The quantitative estimate of drug-likeness (QED) is 0.604. The van der Waals surface area contributed by atoms with E-state index in [1.165, 1.54) is 11.3 Å². The minimum absolute atomic E-state index is 0.122. The Balaban J connectivity index is 1.65. The molecule has 0 aliphatic rings. The first-order chi connectivity index (χ1) is 13.9. The summed E-state index contributed by atoms with van der Waals surface area (Å²) in [5.74, 6) is -0.0763. The highest BCUT2D eigenvalue weighted by molar-refractivity contribution is 7.13. The molecule has 6 nitrogen and oxygen atoms in total. The van der Waals surface area contributed by atoms with Crippen LogP contribution in [0.25, 0.3) is 0 Å². The van der Waals surface area contributed by atoms with Gasteiger partial charge >= 0.3 is 0 Å². The number of carbonyl (C=O) groups excluding carboxylic acids is 2. The molecule has 150 valence electrons. The largest absolute Gasteiger partial charge is 0.346 e. The lowest BCUT2D eigenvalue weighted by atomic mass is 10.1. The van der Waals surface area contributed by atoms with Crippen LogP contribution in [0.15, 0.2) is 54.6 Å². The molecule has 29 heavy (non-hydrogen) atoms. The zero-order valence-corrected chi connectivity index (χ0v) is 17.5. The Labute approximate surface area is 174 Å². The van der Waals surface area contributed by atoms with Gasteiger partial charge in [0.2, 0.25) is 5.01 Å². The number of carbonyl (C=O) groups is 2. The van der Waals surface area contributed by atoms with Crippen molar-refractivity contribution in [2.24, 2.45) is 5.92 Å². The molecule has 2 N–H and O–H groups in total. The first-order valence-corrected chi connectivity index (χ1v) is 10.3. The third kappa shape index (κ3) is 5.71. The van der Waals surface area contributed by atoms with E-state index in [1.54, 1.807) is 24.3 Å². The summed E-state index contributed by atoms with van der Waals surface area (Å²) in [5.41, 5.74) is 2.04. The monoisotopic (exact) mass is 408 g/mol. The average molecular weight is 409 g/mol. The number of nitrogens with zero attached hydrogens (tertiary/aromatic N) is 2. The molecular formula is C22H24N4O2S. The molecule has 0 aliphatic carbocycles. The maximum absolute atomic E-state index is 12.6. The second kappa shape index (κ2) is 9.43. The number of benzene rings is 2. The highest BCUT2D eigenvalue weighted by Crippen LogP contribution is 2.18. The van der Waals surface area contributed by atoms with Crippen LogP contribution < -0.4 is 10.6 Å². The highest BCUT2D eigenvalue weighted by atomic mass is 32.1. The number of anilines is 1. The summed E-state index contributed by atoms with van der Waals surface area (Å²) in [4.78, 5) is 25.1. The standard InChI is InChI=1S/C22H24N4O2S/c1-14(2)12-19-25-26-22(29-19)21(28)24-18-11-7-10-17(13-18)20(27)23-15(3)16-8-5-4-6-9-16/h4-11,13-15H,12H2,1-3H3,(H,23,27)(H,24,28)/t15-/m1/s1. The van der Waals surface area contributed by atoms with E-state index >= 15 is 0 Å². The molecule has 0 radical (unpaired) electrons. The Morgan fingerprint density at radius 2 is 1.72 bits per heavy atom. The van der Waals surface area contributed by atoms with Gasteiger partial charge in [-0.05, 0) is 36.6 Å². The predicted octanol–water partition coefficient (Wildman–Crippen LogP) is 4.48. The summed E-state index contributed by atoms with van der Waals surface area (Å²) in [6.45, 7) is 6.12. The molecule has 2 aromatic carbocycles. The van der Waals surface area contributed by atoms with Gasteiger partial charge in [0.05, 0.1) is 6.04 Å². The first-order valence-electron chi connectivity index (χ1n) is 9.52. The van der Waals surface area contributed by atoms with Crippen LogP contribution in [-0.2, 0) is 6.42 Å². The number of aromatic nitrogens is 2. The molecule has 0 aliphatic heterocycles. The fourth-order valence-corrected chi connectivity index (χ4v) is 3.75. The summed E-state index contributed by atoms with van der Waals surface area (Å²) < 4.78 is 0. The van der Waals surface area contributed by atoms with Gasteiger partial charge in [-0.15, -0.1) is 10.2 Å². The van der Waals surface area contributed by atoms with Crippen LogP contribution in [0.3, 0.4) is 0 Å². The Morgan fingerprint density at radius 1 is 0.966 bits per heavy atom. The number of hydrogen-bond acceptors (Lipinski definition) is 5. The molecule has 1 heterocycles. The van der Waals surface area contributed by atoms with Crippen LogP contribution in [-0.4, -0.2) is 22.0 Å². The number of nitrogens with one attached hydrogen (secondary N) is 2. The first kappa shape index (κ1) is 20.7. The SMILES string of the molecule is CC(C)Cc1nnc(C(=O)Nc2cccc(C(=O)N[C@H](C)c3ccccc3)c2)s1. The Hall–Kier alpha value is -3.06. The van der Waals surface area contributed by atoms with Crippen LogP contribution in [0.2, 0.25) is 0 Å². The zero-order valence-electron chi connectivity index (χ0n) is 16.7. The second-order valence-electron chi connectivity index (χ2n) is 7.24. The van der Waals surface area contributed by atoms with Gasteiger partial charge in [-0.2, -0.15) is 0 Å². The van der Waals surface area contributed by atoms with Crippen LogP contribution >= 0.6 is 11.3 Å². The number of hydrogen-bond donors (Lipinski definition) is 2. The van der Waals surface area contributed by atoms with Crippen LogP contribution in [0.4, 0.5) is 5.69 Å². The van der Waals surface area contributed by atoms with Crippen molar-refractivity contribution in [3.8, 4) is 0 Å². The van der Waals surface area contributed by atoms with Crippen LogP contribution in [0, 0.1) is 5.92 Å². The normalized spacial score (nSPS) is 11.9. The number of rotatable bonds is 7. The lowest BCUT2D eigenvalue weighted by molar-refractivity contribution is 0.0938. The molecule has 0 saturated heterocycles. The molecule has 1 aromatic heterocycles. The topological polar surface area (TPSA) is 84.0 Å². The van der Waals surface area contributed by atoms with Crippen LogP contribution in [0.1, 0.15) is 57.5 Å². The Bertz CT molecular complexity index is 985. The molecule has 0 spiro atoms. The van der Waals surface area contributed by atoms with Gasteiger partial charge in [-0.1, -0.05) is 61.6 Å². The fourth-order valence-electron chi connectivity index (χ4n) is 2.80. The van der Waals surface area contributed by atoms with E-state index in [1.807, 2.05) is 37.3 Å². The average Bonchev–Trinajstić information content (AvgIpc) is 3.16. The molecule has 3 aromatic rings. The third-order valence-electron chi connectivity index (χ3n) is 4.27. The molecular weight excluding hydrogens is 384 g/mol. The maximum Gasteiger partial charge on any atom is 0.286 e. The Morgan fingerprint density at radius 3 is 2.45 bits per heavy atom. The van der Waals surface area contributed by atoms with Crippen molar-refractivity contribution in [1.82, 2.24) is 15.5 Å². The molecule has 2 amide bonds. The van der Waals surface area contributed by atoms with E-state index in [9.17, 15) is 9.59 Å². The van der Waals surface area contributed by atoms with Crippen molar-refractivity contribution in [3.05, 3.63) is 75.7 Å². The van der Waals surface area contributed by atoms with Crippen molar-refractivity contribution in [2.75, 3.05) is 5.32 Å². The van der Waals surface area contributed by atoms with Crippen molar-refractivity contribution < 1.29 is 9.59 Å². The summed E-state index contributed by atoms with van der Waals surface area (Å²) in [6, 6.07) is 16.5. The molecule has 0 unspecified atom stereocenters. The van der Waals surface area contributed by atoms with E-state index in [-0.39, 0.29) is 17.9 Å². The molecule has 7 heteroatoms. The van der Waals surface area contributed by atoms with Crippen molar-refractivity contribution in [1.29, 1.82) is 0 Å². The molecule has 0 bridgehead atoms. The minimum Gasteiger partial charge on any atom is -0.346 e. The molecule has 0 saturated carbocycles. The van der Waals surface area contributed by atoms with E-state index in [0.717, 1.165) is 17.0 Å². The number of amides is 2. The lowest BCUT2D eigenvalue weighted by Gasteiger charge is -2.14. The van der Waals surface area contributed by atoms with Gasteiger partial charge in [0.1, 0.15) is 5.01 Å². The van der Waals surface area contributed by atoms with E-state index < -0.39 is 0 Å². The smallest absolute Gasteiger partial charge is 0.286 e. The van der Waals surface area contributed by atoms with Gasteiger partial charge in [-0.25, -0.2) is 0 Å². The molecule has 0 fully saturated rings. The van der Waals surface area contributed by atoms with Gasteiger partial charge in [-0.3, -0.25) is 9.59 Å². The van der Waals surface area contributed by atoms with E-state index in [0.29, 0.717) is 22.2 Å². The van der Waals surface area contributed by atoms with Gasteiger partial charge in [0.25, 0.3) is 11.8 Å². The van der Waals surface area contributed by atoms with Crippen molar-refractivity contribution in [3.63, 3.8) is 0 Å².